The first-order chi connectivity index (χ1) is 18.7. The fourth-order valence-electron chi connectivity index (χ4n) is 4.16. The molecule has 0 spiro atoms. The van der Waals surface area contributed by atoms with Gasteiger partial charge in [0.25, 0.3) is 0 Å². The molecule has 39 heavy (non-hydrogen) atoms. The van der Waals surface area contributed by atoms with Crippen LogP contribution in [0.1, 0.15) is 44.1 Å². The lowest BCUT2D eigenvalue weighted by molar-refractivity contribution is -0.142. The Bertz CT molecular complexity index is 1090. The zero-order valence-corrected chi connectivity index (χ0v) is 22.0. The van der Waals surface area contributed by atoms with Crippen LogP contribution in [0.4, 0.5) is 0 Å². The smallest absolute Gasteiger partial charge is 0.326 e. The average molecular weight is 548 g/mol. The summed E-state index contributed by atoms with van der Waals surface area (Å²) in [7, 11) is 0. The van der Waals surface area contributed by atoms with Gasteiger partial charge in [0.15, 0.2) is 0 Å². The van der Waals surface area contributed by atoms with Gasteiger partial charge in [-0.3, -0.25) is 14.4 Å². The van der Waals surface area contributed by atoms with Gasteiger partial charge in [0.05, 0.1) is 12.6 Å². The number of unbranched alkanes of at least 4 members (excludes halogenated alkanes) is 2. The lowest BCUT2D eigenvalue weighted by Crippen LogP contribution is -2.58. The van der Waals surface area contributed by atoms with Crippen molar-refractivity contribution in [1.82, 2.24) is 20.9 Å². The van der Waals surface area contributed by atoms with E-state index in [1.165, 1.54) is 0 Å². The second kappa shape index (κ2) is 16.4. The Morgan fingerprint density at radius 2 is 1.38 bits per heavy atom. The molecule has 0 radical (unpaired) electrons. The number of nitrogens with two attached hydrogens (primary N) is 3. The predicted octanol–water partition coefficient (Wildman–Crippen LogP) is -1.17. The van der Waals surface area contributed by atoms with E-state index in [4.69, 9.17) is 17.2 Å². The molecule has 0 bridgehead atoms. The van der Waals surface area contributed by atoms with Crippen LogP contribution in [0.5, 0.6) is 0 Å². The lowest BCUT2D eigenvalue weighted by atomic mass is 10.0. The van der Waals surface area contributed by atoms with E-state index in [-0.39, 0.29) is 19.3 Å². The largest absolute Gasteiger partial charge is 0.480 e. The maximum atomic E-state index is 12.9. The summed E-state index contributed by atoms with van der Waals surface area (Å²) in [6.07, 6.45) is 4.53. The van der Waals surface area contributed by atoms with E-state index in [0.717, 1.165) is 16.5 Å². The van der Waals surface area contributed by atoms with Crippen molar-refractivity contribution in [2.45, 2.75) is 69.1 Å². The van der Waals surface area contributed by atoms with Gasteiger partial charge in [0.1, 0.15) is 18.1 Å². The summed E-state index contributed by atoms with van der Waals surface area (Å²) < 4.78 is 0. The summed E-state index contributed by atoms with van der Waals surface area (Å²) in [6, 6.07) is 2.95. The van der Waals surface area contributed by atoms with Crippen molar-refractivity contribution in [1.29, 1.82) is 0 Å². The number of amides is 3. The van der Waals surface area contributed by atoms with E-state index in [9.17, 15) is 29.4 Å². The number of carbonyl (C=O) groups excluding carboxylic acids is 3. The van der Waals surface area contributed by atoms with Gasteiger partial charge < -0.3 is 48.3 Å². The number of hydrogen-bond acceptors (Lipinski definition) is 8. The van der Waals surface area contributed by atoms with Crippen LogP contribution in [-0.2, 0) is 25.6 Å². The fourth-order valence-corrected chi connectivity index (χ4v) is 4.16. The topological polar surface area (TPSA) is 239 Å². The van der Waals surface area contributed by atoms with Crippen molar-refractivity contribution in [3.05, 3.63) is 36.0 Å². The van der Waals surface area contributed by atoms with Crippen LogP contribution in [0.3, 0.4) is 0 Å². The number of aromatic nitrogens is 1. The summed E-state index contributed by atoms with van der Waals surface area (Å²) in [4.78, 5) is 53.3. The van der Waals surface area contributed by atoms with Crippen molar-refractivity contribution in [3.63, 3.8) is 0 Å². The molecular weight excluding hydrogens is 506 g/mol. The number of carboxylic acid groups (broad SMARTS) is 1. The van der Waals surface area contributed by atoms with E-state index in [2.05, 4.69) is 20.9 Å². The van der Waals surface area contributed by atoms with Gasteiger partial charge in [-0.2, -0.15) is 0 Å². The van der Waals surface area contributed by atoms with Crippen LogP contribution < -0.4 is 33.2 Å². The number of para-hydroxylation sites is 1. The third-order valence-electron chi connectivity index (χ3n) is 6.41. The number of aromatic amines is 1. The number of H-pyrrole nitrogens is 1. The summed E-state index contributed by atoms with van der Waals surface area (Å²) in [6.45, 7) is 0.0475. The highest BCUT2D eigenvalue weighted by molar-refractivity contribution is 5.94. The van der Waals surface area contributed by atoms with Gasteiger partial charge in [-0.05, 0) is 69.7 Å². The Morgan fingerprint density at radius 1 is 0.821 bits per heavy atom. The van der Waals surface area contributed by atoms with Crippen molar-refractivity contribution < 1.29 is 29.4 Å². The van der Waals surface area contributed by atoms with Crippen molar-refractivity contribution in [2.24, 2.45) is 17.2 Å². The number of rotatable bonds is 18. The van der Waals surface area contributed by atoms with Crippen LogP contribution in [0, 0.1) is 0 Å². The van der Waals surface area contributed by atoms with E-state index in [1.807, 2.05) is 24.3 Å². The maximum absolute atomic E-state index is 12.9. The summed E-state index contributed by atoms with van der Waals surface area (Å²) in [5, 5.41) is 27.6. The molecule has 4 atom stereocenters. The van der Waals surface area contributed by atoms with Gasteiger partial charge in [0, 0.05) is 17.1 Å². The van der Waals surface area contributed by atoms with Crippen molar-refractivity contribution in [3.8, 4) is 0 Å². The Morgan fingerprint density at radius 3 is 2.00 bits per heavy atom. The molecule has 12 N–H and O–H groups in total. The molecule has 13 nitrogen and oxygen atoms in total. The molecule has 3 amide bonds. The minimum absolute atomic E-state index is 0.186. The molecule has 216 valence electrons. The first-order valence-corrected chi connectivity index (χ1v) is 13.2. The van der Waals surface area contributed by atoms with Gasteiger partial charge in [-0.25, -0.2) is 4.79 Å². The molecule has 4 unspecified atom stereocenters. The third-order valence-corrected chi connectivity index (χ3v) is 6.41. The minimum Gasteiger partial charge on any atom is -0.480 e. The number of fused-ring (bicyclic) bond motifs is 1. The number of benzene rings is 1. The second-order valence-electron chi connectivity index (χ2n) is 9.44. The number of hydrogen-bond donors (Lipinski definition) is 9. The van der Waals surface area contributed by atoms with Crippen molar-refractivity contribution in [2.75, 3.05) is 19.7 Å². The highest BCUT2D eigenvalue weighted by Crippen LogP contribution is 2.18. The molecule has 1 aromatic carbocycles. The molecule has 0 saturated carbocycles. The molecule has 0 aliphatic heterocycles. The average Bonchev–Trinajstić information content (AvgIpc) is 3.32. The number of carbonyl (C=O) groups is 4. The number of nitrogens with one attached hydrogen (secondary N) is 4. The quantitative estimate of drug-likeness (QED) is 0.102. The zero-order valence-electron chi connectivity index (χ0n) is 22.0. The SMILES string of the molecule is NCCCCC(NC(=O)C(CCCCN)NC(=O)C(CO)NC(=O)C(N)Cc1c[nH]c2ccccc12)C(=O)O. The number of aliphatic hydroxyl groups is 1. The van der Waals surface area contributed by atoms with E-state index < -0.39 is 54.5 Å². The molecule has 13 heteroatoms. The zero-order chi connectivity index (χ0) is 28.8. The number of aliphatic hydroxyl groups excluding tert-OH is 1. The summed E-state index contributed by atoms with van der Waals surface area (Å²) in [5.41, 5.74) is 18.8. The maximum Gasteiger partial charge on any atom is 0.326 e. The van der Waals surface area contributed by atoms with Crippen LogP contribution >= 0.6 is 0 Å². The Balaban J connectivity index is 2.03. The normalized spacial score (nSPS) is 14.3. The van der Waals surface area contributed by atoms with Crippen LogP contribution in [0.25, 0.3) is 10.9 Å². The Labute approximate surface area is 227 Å². The van der Waals surface area contributed by atoms with Gasteiger partial charge in [-0.1, -0.05) is 18.2 Å². The van der Waals surface area contributed by atoms with Gasteiger partial charge in [-0.15, -0.1) is 0 Å². The van der Waals surface area contributed by atoms with Crippen molar-refractivity contribution >= 4 is 34.6 Å². The highest BCUT2D eigenvalue weighted by Gasteiger charge is 2.30. The molecule has 2 rings (SSSR count). The lowest BCUT2D eigenvalue weighted by Gasteiger charge is -2.24. The van der Waals surface area contributed by atoms with Crippen LogP contribution in [0.15, 0.2) is 30.5 Å². The van der Waals surface area contributed by atoms with Gasteiger partial charge >= 0.3 is 5.97 Å². The standard InChI is InChI=1S/C26H41N7O6/c27-11-5-3-9-20(24(36)32-21(26(38)39)10-4-6-12-28)31-25(37)22(15-34)33-23(35)18(29)13-16-14-30-19-8-2-1-7-17(16)19/h1-2,7-8,14,18,20-22,30,34H,3-6,9-13,15,27-29H2,(H,31,37)(H,32,36)(H,33,35)(H,38,39). The Kier molecular flexibility index (Phi) is 13.4. The molecule has 2 aromatic rings. The highest BCUT2D eigenvalue weighted by atomic mass is 16.4. The first kappa shape index (κ1) is 31.7. The Hall–Kier alpha value is -3.52. The summed E-state index contributed by atoms with van der Waals surface area (Å²) in [5.74, 6) is -3.32. The molecule has 0 aliphatic carbocycles. The first-order valence-electron chi connectivity index (χ1n) is 13.2. The monoisotopic (exact) mass is 547 g/mol. The van der Waals surface area contributed by atoms with Crippen LogP contribution in [-0.4, -0.2) is 82.8 Å². The fraction of sp³-hybridized carbons (Fsp3) is 0.538. The van der Waals surface area contributed by atoms with Crippen LogP contribution in [0.2, 0.25) is 0 Å². The van der Waals surface area contributed by atoms with Gasteiger partial charge in [0.2, 0.25) is 17.7 Å². The number of carboxylic acids is 1. The molecular formula is C26H41N7O6. The molecule has 1 heterocycles. The van der Waals surface area contributed by atoms with E-state index in [0.29, 0.717) is 38.8 Å². The van der Waals surface area contributed by atoms with E-state index in [1.54, 1.807) is 6.20 Å². The second-order valence-corrected chi connectivity index (χ2v) is 9.44. The summed E-state index contributed by atoms with van der Waals surface area (Å²) >= 11 is 0. The number of aliphatic carboxylic acids is 1. The molecule has 0 aliphatic rings. The molecule has 0 fully saturated rings. The minimum atomic E-state index is -1.36. The van der Waals surface area contributed by atoms with E-state index >= 15 is 0 Å². The predicted molar refractivity (Wildman–Crippen MR) is 146 cm³/mol. The third kappa shape index (κ3) is 9.94. The molecule has 0 saturated heterocycles. The molecule has 1 aromatic heterocycles.